The first-order valence-electron chi connectivity index (χ1n) is 10.4. The van der Waals surface area contributed by atoms with Crippen LogP contribution < -0.4 is 15.5 Å². The van der Waals surface area contributed by atoms with Gasteiger partial charge in [-0.15, -0.1) is 28.5 Å². The van der Waals surface area contributed by atoms with Crippen molar-refractivity contribution in [2.75, 3.05) is 10.7 Å². The summed E-state index contributed by atoms with van der Waals surface area (Å²) < 4.78 is 117. The van der Waals surface area contributed by atoms with Gasteiger partial charge in [0.1, 0.15) is 5.75 Å². The molecule has 0 fully saturated rings. The Labute approximate surface area is 213 Å². The van der Waals surface area contributed by atoms with Crippen molar-refractivity contribution in [2.45, 2.75) is 18.7 Å². The number of anilines is 2. The standard InChI is InChI=1S/C23H14F9N5O2/c24-21(25,26)13-1-5-16(6-2-13)34-36-19(37-35-17-7-3-14(4-8-17)22(27,28)29)20(38)33-15-9-11-18(12-10-15)39-23(30,31)32/h1-12,34H,(H,33,38). The third-order valence-corrected chi connectivity index (χ3v) is 4.51. The molecule has 0 unspecified atom stereocenters. The molecule has 0 spiro atoms. The Hall–Kier alpha value is -4.63. The number of amidine groups is 1. The lowest BCUT2D eigenvalue weighted by Gasteiger charge is -2.10. The summed E-state index contributed by atoms with van der Waals surface area (Å²) in [5, 5.41) is 13.2. The summed E-state index contributed by atoms with van der Waals surface area (Å²) in [5.74, 6) is -2.37. The minimum absolute atomic E-state index is 0.00619. The van der Waals surface area contributed by atoms with E-state index in [0.29, 0.717) is 0 Å². The van der Waals surface area contributed by atoms with Crippen molar-refractivity contribution in [3.63, 3.8) is 0 Å². The molecule has 0 aromatic heterocycles. The van der Waals surface area contributed by atoms with Gasteiger partial charge in [0.25, 0.3) is 11.7 Å². The molecule has 0 radical (unpaired) electrons. The van der Waals surface area contributed by atoms with E-state index in [2.05, 4.69) is 30.8 Å². The SMILES string of the molecule is O=C(Nc1ccc(OC(F)(F)F)cc1)C(N=Nc1ccc(C(F)(F)F)cc1)=NNc1ccc(C(F)(F)F)cc1. The Morgan fingerprint density at radius 3 is 1.64 bits per heavy atom. The van der Waals surface area contributed by atoms with Crippen LogP contribution in [0.15, 0.2) is 88.1 Å². The molecule has 0 saturated carbocycles. The third kappa shape index (κ3) is 9.01. The number of halogens is 9. The molecule has 3 aromatic carbocycles. The van der Waals surface area contributed by atoms with Gasteiger partial charge >= 0.3 is 18.7 Å². The number of ether oxygens (including phenoxy) is 1. The lowest BCUT2D eigenvalue weighted by molar-refractivity contribution is -0.274. The van der Waals surface area contributed by atoms with E-state index in [1.165, 1.54) is 0 Å². The number of nitrogens with zero attached hydrogens (tertiary/aromatic N) is 3. The van der Waals surface area contributed by atoms with E-state index in [0.717, 1.165) is 72.8 Å². The zero-order valence-corrected chi connectivity index (χ0v) is 19.0. The van der Waals surface area contributed by atoms with Gasteiger partial charge in [0.05, 0.1) is 22.5 Å². The number of hydrazone groups is 1. The van der Waals surface area contributed by atoms with E-state index in [1.807, 2.05) is 0 Å². The molecule has 1 amide bonds. The van der Waals surface area contributed by atoms with E-state index >= 15 is 0 Å². The molecule has 0 aliphatic heterocycles. The van der Waals surface area contributed by atoms with E-state index in [-0.39, 0.29) is 17.1 Å². The Morgan fingerprint density at radius 2 is 1.15 bits per heavy atom. The molecule has 7 nitrogen and oxygen atoms in total. The van der Waals surface area contributed by atoms with Gasteiger partial charge in [0.15, 0.2) is 0 Å². The fraction of sp³-hybridized carbons (Fsp3) is 0.130. The molecule has 0 heterocycles. The molecule has 0 bridgehead atoms. The van der Waals surface area contributed by atoms with Crippen LogP contribution in [0, 0.1) is 0 Å². The number of nitrogens with one attached hydrogen (secondary N) is 2. The van der Waals surface area contributed by atoms with E-state index in [1.54, 1.807) is 0 Å². The maximum absolute atomic E-state index is 12.8. The van der Waals surface area contributed by atoms with Crippen molar-refractivity contribution in [1.82, 2.24) is 0 Å². The average Bonchev–Trinajstić information content (AvgIpc) is 2.84. The zero-order chi connectivity index (χ0) is 28.8. The predicted molar refractivity (Wildman–Crippen MR) is 120 cm³/mol. The van der Waals surface area contributed by atoms with Gasteiger partial charge in [-0.3, -0.25) is 10.2 Å². The number of benzene rings is 3. The Balaban J connectivity index is 1.82. The van der Waals surface area contributed by atoms with Gasteiger partial charge in [-0.2, -0.15) is 26.3 Å². The summed E-state index contributed by atoms with van der Waals surface area (Å²) in [7, 11) is 0. The monoisotopic (exact) mass is 563 g/mol. The predicted octanol–water partition coefficient (Wildman–Crippen LogP) is 7.77. The number of alkyl halides is 9. The minimum Gasteiger partial charge on any atom is -0.406 e. The van der Waals surface area contributed by atoms with Crippen LogP contribution in [-0.4, -0.2) is 18.1 Å². The molecular formula is C23H14F9N5O2. The van der Waals surface area contributed by atoms with E-state index in [9.17, 15) is 44.3 Å². The molecule has 16 heteroatoms. The van der Waals surface area contributed by atoms with Gasteiger partial charge in [-0.1, -0.05) is 0 Å². The van der Waals surface area contributed by atoms with E-state index in [4.69, 9.17) is 0 Å². The summed E-state index contributed by atoms with van der Waals surface area (Å²) in [6.45, 7) is 0. The van der Waals surface area contributed by atoms with E-state index < -0.39 is 47.3 Å². The Kier molecular flexibility index (Phi) is 8.46. The third-order valence-electron chi connectivity index (χ3n) is 4.51. The fourth-order valence-corrected chi connectivity index (χ4v) is 2.72. The van der Waals surface area contributed by atoms with Crippen molar-refractivity contribution >= 4 is 28.8 Å². The number of hydrogen-bond acceptors (Lipinski definition) is 5. The van der Waals surface area contributed by atoms with Crippen LogP contribution in [0.3, 0.4) is 0 Å². The molecule has 0 saturated heterocycles. The van der Waals surface area contributed by atoms with Crippen LogP contribution >= 0.6 is 0 Å². The quantitative estimate of drug-likeness (QED) is 0.109. The van der Waals surface area contributed by atoms with Crippen molar-refractivity contribution in [1.29, 1.82) is 0 Å². The average molecular weight is 563 g/mol. The lowest BCUT2D eigenvalue weighted by atomic mass is 10.2. The molecule has 2 N–H and O–H groups in total. The zero-order valence-electron chi connectivity index (χ0n) is 19.0. The first-order valence-corrected chi connectivity index (χ1v) is 10.4. The smallest absolute Gasteiger partial charge is 0.406 e. The normalized spacial score (nSPS) is 12.9. The molecule has 39 heavy (non-hydrogen) atoms. The highest BCUT2D eigenvalue weighted by Gasteiger charge is 2.32. The van der Waals surface area contributed by atoms with Crippen molar-refractivity contribution < 1.29 is 49.0 Å². The topological polar surface area (TPSA) is 87.4 Å². The van der Waals surface area contributed by atoms with Crippen molar-refractivity contribution in [2.24, 2.45) is 15.3 Å². The maximum Gasteiger partial charge on any atom is 0.573 e. The van der Waals surface area contributed by atoms with Crippen molar-refractivity contribution in [3.8, 4) is 5.75 Å². The van der Waals surface area contributed by atoms with Crippen LogP contribution in [-0.2, 0) is 17.1 Å². The second-order valence-corrected chi connectivity index (χ2v) is 7.39. The summed E-state index contributed by atoms with van der Waals surface area (Å²) in [5.41, 5.74) is 0.265. The number of hydrogen-bond donors (Lipinski definition) is 2. The number of carbonyl (C=O) groups is 1. The summed E-state index contributed by atoms with van der Waals surface area (Å²) in [6, 6.07) is 10.8. The molecular weight excluding hydrogens is 549 g/mol. The van der Waals surface area contributed by atoms with Crippen LogP contribution in [0.25, 0.3) is 0 Å². The summed E-state index contributed by atoms with van der Waals surface area (Å²) in [6.07, 6.45) is -14.1. The summed E-state index contributed by atoms with van der Waals surface area (Å²) >= 11 is 0. The van der Waals surface area contributed by atoms with Gasteiger partial charge in [-0.25, -0.2) is 0 Å². The first-order chi connectivity index (χ1) is 18.1. The van der Waals surface area contributed by atoms with Crippen LogP contribution in [0.2, 0.25) is 0 Å². The number of azo groups is 1. The lowest BCUT2D eigenvalue weighted by Crippen LogP contribution is -2.22. The first kappa shape index (κ1) is 28.9. The second-order valence-electron chi connectivity index (χ2n) is 7.39. The van der Waals surface area contributed by atoms with Crippen LogP contribution in [0.4, 0.5) is 56.6 Å². The minimum atomic E-state index is -4.94. The van der Waals surface area contributed by atoms with Crippen LogP contribution in [0.1, 0.15) is 11.1 Å². The Bertz CT molecular complexity index is 1330. The van der Waals surface area contributed by atoms with Crippen molar-refractivity contribution in [3.05, 3.63) is 83.9 Å². The molecule has 3 rings (SSSR count). The summed E-state index contributed by atoms with van der Waals surface area (Å²) in [4.78, 5) is 12.7. The largest absolute Gasteiger partial charge is 0.573 e. The maximum atomic E-state index is 12.8. The Morgan fingerprint density at radius 1 is 0.667 bits per heavy atom. The molecule has 0 aliphatic rings. The van der Waals surface area contributed by atoms with Gasteiger partial charge in [0.2, 0.25) is 0 Å². The molecule has 3 aromatic rings. The number of carbonyl (C=O) groups excluding carboxylic acids is 1. The highest BCUT2D eigenvalue weighted by Crippen LogP contribution is 2.31. The second kappa shape index (κ2) is 11.4. The highest BCUT2D eigenvalue weighted by molar-refractivity contribution is 6.42. The number of rotatable bonds is 5. The van der Waals surface area contributed by atoms with Gasteiger partial charge in [-0.05, 0) is 72.8 Å². The van der Waals surface area contributed by atoms with Crippen LogP contribution in [0.5, 0.6) is 5.75 Å². The molecule has 0 aliphatic carbocycles. The van der Waals surface area contributed by atoms with Gasteiger partial charge < -0.3 is 10.1 Å². The highest BCUT2D eigenvalue weighted by atomic mass is 19.4. The molecule has 206 valence electrons. The fourth-order valence-electron chi connectivity index (χ4n) is 2.72. The molecule has 0 atom stereocenters. The number of amides is 1. The van der Waals surface area contributed by atoms with Gasteiger partial charge in [0, 0.05) is 5.69 Å².